The van der Waals surface area contributed by atoms with Crippen molar-refractivity contribution in [3.63, 3.8) is 0 Å². The first kappa shape index (κ1) is 16.4. The third-order valence-electron chi connectivity index (χ3n) is 4.48. The van der Waals surface area contributed by atoms with E-state index in [1.54, 1.807) is 0 Å². The van der Waals surface area contributed by atoms with Crippen molar-refractivity contribution < 1.29 is 9.59 Å². The average molecular weight is 322 g/mol. The molecule has 1 N–H and O–H groups in total. The molecule has 1 saturated heterocycles. The van der Waals surface area contributed by atoms with Crippen molar-refractivity contribution in [2.24, 2.45) is 0 Å². The Morgan fingerprint density at radius 1 is 1.08 bits per heavy atom. The molecule has 0 radical (unpaired) electrons. The molecule has 1 aliphatic rings. The highest BCUT2D eigenvalue weighted by Crippen LogP contribution is 2.23. The lowest BCUT2D eigenvalue weighted by molar-refractivity contribution is -0.121. The fourth-order valence-electron chi connectivity index (χ4n) is 2.97. The molecule has 2 aromatic carbocycles. The fourth-order valence-corrected chi connectivity index (χ4v) is 2.97. The second kappa shape index (κ2) is 6.97. The first-order valence-corrected chi connectivity index (χ1v) is 8.28. The molecule has 0 spiro atoms. The number of nitrogens with zero attached hydrogens (tertiary/aromatic N) is 1. The Labute approximate surface area is 142 Å². The van der Waals surface area contributed by atoms with Crippen LogP contribution in [0.2, 0.25) is 0 Å². The van der Waals surface area contributed by atoms with Gasteiger partial charge < -0.3 is 5.32 Å². The second-order valence-corrected chi connectivity index (χ2v) is 6.38. The smallest absolute Gasteiger partial charge is 0.251 e. The molecule has 3 rings (SSSR count). The summed E-state index contributed by atoms with van der Waals surface area (Å²) in [6.07, 6.45) is 0.216. The van der Waals surface area contributed by atoms with E-state index in [4.69, 9.17) is 0 Å². The number of hydrogen-bond acceptors (Lipinski definition) is 3. The number of nitrogens with one attached hydrogen (secondary N) is 1. The topological polar surface area (TPSA) is 49.4 Å². The number of carbonyl (C=O) groups is 2. The number of anilines is 1. The first-order valence-electron chi connectivity index (χ1n) is 8.28. The number of amides is 2. The quantitative estimate of drug-likeness (QED) is 0.861. The Morgan fingerprint density at radius 3 is 2.42 bits per heavy atom. The van der Waals surface area contributed by atoms with Gasteiger partial charge in [0.05, 0.1) is 18.2 Å². The van der Waals surface area contributed by atoms with Crippen LogP contribution in [0.4, 0.5) is 5.69 Å². The van der Waals surface area contributed by atoms with Gasteiger partial charge in [-0.25, -0.2) is 4.90 Å². The molecule has 1 aliphatic heterocycles. The average Bonchev–Trinajstić information content (AvgIpc) is 2.88. The van der Waals surface area contributed by atoms with Gasteiger partial charge in [0.2, 0.25) is 5.91 Å². The molecule has 1 fully saturated rings. The minimum absolute atomic E-state index is 0.145. The number of benzene rings is 2. The van der Waals surface area contributed by atoms with Crippen LogP contribution in [0.15, 0.2) is 54.6 Å². The predicted octanol–water partition coefficient (Wildman–Crippen LogP) is 3.02. The molecule has 0 saturated carbocycles. The maximum Gasteiger partial charge on any atom is 0.251 e. The summed E-state index contributed by atoms with van der Waals surface area (Å²) in [5.41, 5.74) is 2.97. The van der Waals surface area contributed by atoms with Gasteiger partial charge in [0.25, 0.3) is 5.91 Å². The van der Waals surface area contributed by atoms with E-state index < -0.39 is 6.04 Å². The normalized spacial score (nSPS) is 18.9. The highest BCUT2D eigenvalue weighted by atomic mass is 16.2. The molecule has 4 heteroatoms. The molecule has 4 nitrogen and oxygen atoms in total. The van der Waals surface area contributed by atoms with Crippen LogP contribution in [0, 0.1) is 6.92 Å². The molecule has 2 amide bonds. The van der Waals surface area contributed by atoms with E-state index in [2.05, 4.69) is 24.4 Å². The van der Waals surface area contributed by atoms with Crippen molar-refractivity contribution in [3.05, 3.63) is 65.7 Å². The lowest BCUT2D eigenvalue weighted by atomic mass is 10.0. The van der Waals surface area contributed by atoms with E-state index >= 15 is 0 Å². The summed E-state index contributed by atoms with van der Waals surface area (Å²) in [7, 11) is 0. The number of imide groups is 1. The van der Waals surface area contributed by atoms with E-state index in [0.29, 0.717) is 12.2 Å². The molecular formula is C20H22N2O2. The summed E-state index contributed by atoms with van der Waals surface area (Å²) in [4.78, 5) is 26.1. The zero-order chi connectivity index (χ0) is 17.1. The Kier molecular flexibility index (Phi) is 4.76. The van der Waals surface area contributed by atoms with Crippen LogP contribution in [0.25, 0.3) is 0 Å². The number of hydrogen-bond donors (Lipinski definition) is 1. The van der Waals surface area contributed by atoms with Crippen molar-refractivity contribution >= 4 is 17.5 Å². The van der Waals surface area contributed by atoms with Gasteiger partial charge in [-0.15, -0.1) is 0 Å². The van der Waals surface area contributed by atoms with Crippen LogP contribution in [0.5, 0.6) is 0 Å². The summed E-state index contributed by atoms with van der Waals surface area (Å²) in [5, 5.41) is 3.26. The Balaban J connectivity index is 1.65. The zero-order valence-corrected chi connectivity index (χ0v) is 14.0. The van der Waals surface area contributed by atoms with Gasteiger partial charge in [0, 0.05) is 6.54 Å². The Hall–Kier alpha value is -2.46. The molecule has 2 aromatic rings. The summed E-state index contributed by atoms with van der Waals surface area (Å²) < 4.78 is 0. The van der Waals surface area contributed by atoms with Crippen molar-refractivity contribution in [2.45, 2.75) is 32.2 Å². The molecule has 0 aromatic heterocycles. The molecular weight excluding hydrogens is 300 g/mol. The number of carbonyl (C=O) groups excluding carboxylic acids is 2. The first-order chi connectivity index (χ1) is 11.6. The van der Waals surface area contributed by atoms with Gasteiger partial charge in [-0.3, -0.25) is 9.59 Å². The summed E-state index contributed by atoms with van der Waals surface area (Å²) in [6, 6.07) is 17.2. The van der Waals surface area contributed by atoms with Crippen LogP contribution in [-0.4, -0.2) is 24.4 Å². The third-order valence-corrected chi connectivity index (χ3v) is 4.48. The minimum atomic E-state index is -0.440. The fraction of sp³-hybridized carbons (Fsp3) is 0.300. The molecule has 2 atom stereocenters. The standard InChI is InChI=1S/C20H22N2O2/c1-14-8-10-17(11-9-14)22-19(23)12-18(20(22)24)21-13-15(2)16-6-4-3-5-7-16/h3-11,15,18,21H,12-13H2,1-2H3/t15-,18-/m0/s1. The minimum Gasteiger partial charge on any atom is -0.305 e. The van der Waals surface area contributed by atoms with Gasteiger partial charge in [-0.05, 0) is 30.5 Å². The van der Waals surface area contributed by atoms with E-state index in [1.165, 1.54) is 10.5 Å². The molecule has 1 heterocycles. The monoisotopic (exact) mass is 322 g/mol. The van der Waals surface area contributed by atoms with Gasteiger partial charge in [-0.1, -0.05) is 55.0 Å². The van der Waals surface area contributed by atoms with E-state index in [0.717, 1.165) is 5.56 Å². The van der Waals surface area contributed by atoms with Gasteiger partial charge in [0.15, 0.2) is 0 Å². The SMILES string of the molecule is Cc1ccc(N2C(=O)C[C@H](NC[C@H](C)c3ccccc3)C2=O)cc1. The molecule has 0 aliphatic carbocycles. The molecule has 124 valence electrons. The van der Waals surface area contributed by atoms with E-state index in [-0.39, 0.29) is 24.2 Å². The lowest BCUT2D eigenvalue weighted by Gasteiger charge is -2.18. The predicted molar refractivity (Wildman–Crippen MR) is 94.9 cm³/mol. The maximum absolute atomic E-state index is 12.6. The van der Waals surface area contributed by atoms with Crippen molar-refractivity contribution in [2.75, 3.05) is 11.4 Å². The van der Waals surface area contributed by atoms with Gasteiger partial charge in [0.1, 0.15) is 0 Å². The van der Waals surface area contributed by atoms with Crippen LogP contribution in [-0.2, 0) is 9.59 Å². The summed E-state index contributed by atoms with van der Waals surface area (Å²) in [5.74, 6) is -0.0274. The van der Waals surface area contributed by atoms with Crippen LogP contribution < -0.4 is 10.2 Å². The van der Waals surface area contributed by atoms with Crippen LogP contribution in [0.1, 0.15) is 30.4 Å². The van der Waals surface area contributed by atoms with Gasteiger partial charge in [-0.2, -0.15) is 0 Å². The number of aryl methyl sites for hydroxylation is 1. The second-order valence-electron chi connectivity index (χ2n) is 6.38. The lowest BCUT2D eigenvalue weighted by Crippen LogP contribution is -2.40. The van der Waals surface area contributed by atoms with Crippen LogP contribution >= 0.6 is 0 Å². The largest absolute Gasteiger partial charge is 0.305 e. The summed E-state index contributed by atoms with van der Waals surface area (Å²) in [6.45, 7) is 4.75. The molecule has 0 bridgehead atoms. The maximum atomic E-state index is 12.6. The molecule has 0 unspecified atom stereocenters. The van der Waals surface area contributed by atoms with Crippen molar-refractivity contribution in [1.82, 2.24) is 5.32 Å². The van der Waals surface area contributed by atoms with E-state index in [1.807, 2.05) is 49.4 Å². The number of rotatable bonds is 5. The van der Waals surface area contributed by atoms with Crippen molar-refractivity contribution in [3.8, 4) is 0 Å². The highest BCUT2D eigenvalue weighted by molar-refractivity contribution is 6.22. The van der Waals surface area contributed by atoms with Crippen molar-refractivity contribution in [1.29, 1.82) is 0 Å². The van der Waals surface area contributed by atoms with Gasteiger partial charge >= 0.3 is 0 Å². The summed E-state index contributed by atoms with van der Waals surface area (Å²) >= 11 is 0. The molecule has 24 heavy (non-hydrogen) atoms. The third kappa shape index (κ3) is 3.39. The van der Waals surface area contributed by atoms with Crippen LogP contribution in [0.3, 0.4) is 0 Å². The highest BCUT2D eigenvalue weighted by Gasteiger charge is 2.39. The Morgan fingerprint density at radius 2 is 1.75 bits per heavy atom. The van der Waals surface area contributed by atoms with E-state index in [9.17, 15) is 9.59 Å². The Bertz CT molecular complexity index is 725. The zero-order valence-electron chi connectivity index (χ0n) is 14.0.